The molecule has 1 aromatic rings. The maximum atomic E-state index is 11.6. The van der Waals surface area contributed by atoms with Crippen LogP contribution >= 0.6 is 0 Å². The number of nitrogen functional groups attached to an aromatic ring is 1. The molecule has 1 aromatic heterocycles. The average molecular weight is 264 g/mol. The van der Waals surface area contributed by atoms with Gasteiger partial charge in [-0.2, -0.15) is 0 Å². The number of carbonyl (C=O) groups excluding carboxylic acids is 1. The maximum absolute atomic E-state index is 11.6. The minimum atomic E-state index is -0.297. The van der Waals surface area contributed by atoms with Gasteiger partial charge in [-0.05, 0) is 6.42 Å². The van der Waals surface area contributed by atoms with Crippen molar-refractivity contribution >= 4 is 17.6 Å². The molecule has 7 nitrogen and oxygen atoms in total. The minimum Gasteiger partial charge on any atom is -0.382 e. The molecule has 0 bridgehead atoms. The monoisotopic (exact) mass is 264 g/mol. The molecule has 0 aromatic carbocycles. The van der Waals surface area contributed by atoms with Crippen molar-refractivity contribution in [3.63, 3.8) is 0 Å². The number of nitrogens with one attached hydrogen (secondary N) is 3. The first-order chi connectivity index (χ1) is 9.13. The Morgan fingerprint density at radius 3 is 2.68 bits per heavy atom. The number of nitrogens with two attached hydrogens (primary N) is 1. The Morgan fingerprint density at radius 2 is 2.05 bits per heavy atom. The van der Waals surface area contributed by atoms with Gasteiger partial charge in [0.2, 0.25) is 0 Å². The lowest BCUT2D eigenvalue weighted by Gasteiger charge is -2.08. The quantitative estimate of drug-likeness (QED) is 0.326. The molecule has 19 heavy (non-hydrogen) atoms. The Kier molecular flexibility index (Phi) is 6.28. The van der Waals surface area contributed by atoms with Gasteiger partial charge < -0.3 is 16.4 Å². The molecule has 0 fully saturated rings. The average Bonchev–Trinajstić information content (AvgIpc) is 2.41. The fourth-order valence-corrected chi connectivity index (χ4v) is 1.38. The van der Waals surface area contributed by atoms with Crippen molar-refractivity contribution < 1.29 is 4.79 Å². The van der Waals surface area contributed by atoms with Gasteiger partial charge in [-0.3, -0.25) is 10.2 Å². The second-order valence-corrected chi connectivity index (χ2v) is 4.09. The van der Waals surface area contributed by atoms with Gasteiger partial charge in [0, 0.05) is 19.5 Å². The Hall–Kier alpha value is -2.18. The number of amidine groups is 1. The van der Waals surface area contributed by atoms with E-state index in [9.17, 15) is 4.79 Å². The highest BCUT2D eigenvalue weighted by molar-refractivity contribution is 5.92. The summed E-state index contributed by atoms with van der Waals surface area (Å²) in [5.41, 5.74) is 5.61. The zero-order chi connectivity index (χ0) is 14.1. The second-order valence-electron chi connectivity index (χ2n) is 4.09. The summed E-state index contributed by atoms with van der Waals surface area (Å²) in [5, 5.41) is 13.2. The molecule has 0 aliphatic carbocycles. The van der Waals surface area contributed by atoms with Gasteiger partial charge in [-0.15, -0.1) is 0 Å². The van der Waals surface area contributed by atoms with Crippen LogP contribution in [0.2, 0.25) is 0 Å². The van der Waals surface area contributed by atoms with Crippen molar-refractivity contribution in [2.24, 2.45) is 0 Å². The first-order valence-corrected chi connectivity index (χ1v) is 6.30. The van der Waals surface area contributed by atoms with Crippen LogP contribution in [0.3, 0.4) is 0 Å². The molecule has 0 atom stereocenters. The molecular weight excluding hydrogens is 244 g/mol. The molecular formula is C12H20N6O. The summed E-state index contributed by atoms with van der Waals surface area (Å²) in [7, 11) is 0. The molecule has 104 valence electrons. The van der Waals surface area contributed by atoms with E-state index in [-0.39, 0.29) is 17.4 Å². The number of carbonyl (C=O) groups is 1. The van der Waals surface area contributed by atoms with Gasteiger partial charge in [0.1, 0.15) is 11.5 Å². The summed E-state index contributed by atoms with van der Waals surface area (Å²) in [6, 6.07) is 0. The van der Waals surface area contributed by atoms with Crippen LogP contribution in [0.1, 0.15) is 36.7 Å². The third kappa shape index (κ3) is 5.80. The Morgan fingerprint density at radius 1 is 1.32 bits per heavy atom. The summed E-state index contributed by atoms with van der Waals surface area (Å²) < 4.78 is 0. The topological polar surface area (TPSA) is 117 Å². The molecule has 1 rings (SSSR count). The SMILES string of the molecule is CCCCC(=N)NCCNC(=O)c1cnc(N)cn1. The van der Waals surface area contributed by atoms with E-state index in [1.165, 1.54) is 12.4 Å². The van der Waals surface area contributed by atoms with E-state index in [0.717, 1.165) is 19.3 Å². The molecule has 0 radical (unpaired) electrons. The number of anilines is 1. The second kappa shape index (κ2) is 8.02. The molecule has 1 amide bonds. The van der Waals surface area contributed by atoms with Gasteiger partial charge in [-0.1, -0.05) is 13.3 Å². The summed E-state index contributed by atoms with van der Waals surface area (Å²) in [6.07, 6.45) is 5.48. The predicted molar refractivity (Wildman–Crippen MR) is 74.0 cm³/mol. The highest BCUT2D eigenvalue weighted by Gasteiger charge is 2.06. The van der Waals surface area contributed by atoms with Crippen LogP contribution in [0.15, 0.2) is 12.4 Å². The summed E-state index contributed by atoms with van der Waals surface area (Å²) in [6.45, 7) is 3.04. The third-order valence-electron chi connectivity index (χ3n) is 2.43. The lowest BCUT2D eigenvalue weighted by Crippen LogP contribution is -2.34. The Bertz CT molecular complexity index is 417. The molecule has 5 N–H and O–H groups in total. The van der Waals surface area contributed by atoms with E-state index < -0.39 is 0 Å². The van der Waals surface area contributed by atoms with E-state index in [0.29, 0.717) is 18.9 Å². The normalized spacial score (nSPS) is 9.95. The number of hydrogen-bond donors (Lipinski definition) is 4. The number of amides is 1. The van der Waals surface area contributed by atoms with E-state index >= 15 is 0 Å². The molecule has 7 heteroatoms. The summed E-state index contributed by atoms with van der Waals surface area (Å²) >= 11 is 0. The lowest BCUT2D eigenvalue weighted by molar-refractivity contribution is 0.0949. The largest absolute Gasteiger partial charge is 0.382 e. The lowest BCUT2D eigenvalue weighted by atomic mass is 10.2. The van der Waals surface area contributed by atoms with Crippen LogP contribution < -0.4 is 16.4 Å². The number of unbranched alkanes of at least 4 members (excludes halogenated alkanes) is 1. The number of nitrogens with zero attached hydrogens (tertiary/aromatic N) is 2. The van der Waals surface area contributed by atoms with Crippen molar-refractivity contribution in [2.45, 2.75) is 26.2 Å². The van der Waals surface area contributed by atoms with Gasteiger partial charge in [0.15, 0.2) is 0 Å². The molecule has 0 unspecified atom stereocenters. The number of hydrogen-bond acceptors (Lipinski definition) is 5. The van der Waals surface area contributed by atoms with E-state index in [4.69, 9.17) is 11.1 Å². The molecule has 1 heterocycles. The number of rotatable bonds is 7. The van der Waals surface area contributed by atoms with Crippen molar-refractivity contribution in [1.29, 1.82) is 5.41 Å². The third-order valence-corrected chi connectivity index (χ3v) is 2.43. The zero-order valence-electron chi connectivity index (χ0n) is 11.1. The van der Waals surface area contributed by atoms with E-state index in [2.05, 4.69) is 27.5 Å². The van der Waals surface area contributed by atoms with Crippen molar-refractivity contribution in [3.05, 3.63) is 18.1 Å². The Balaban J connectivity index is 2.20. The molecule has 0 aliphatic heterocycles. The van der Waals surface area contributed by atoms with Crippen LogP contribution in [0.25, 0.3) is 0 Å². The first kappa shape index (κ1) is 14.9. The van der Waals surface area contributed by atoms with Gasteiger partial charge in [0.25, 0.3) is 5.91 Å². The summed E-state index contributed by atoms with van der Waals surface area (Å²) in [4.78, 5) is 19.3. The van der Waals surface area contributed by atoms with Gasteiger partial charge >= 0.3 is 0 Å². The van der Waals surface area contributed by atoms with Crippen molar-refractivity contribution in [3.8, 4) is 0 Å². The zero-order valence-corrected chi connectivity index (χ0v) is 11.1. The first-order valence-electron chi connectivity index (χ1n) is 6.30. The smallest absolute Gasteiger partial charge is 0.271 e. The van der Waals surface area contributed by atoms with Crippen LogP contribution in [0.5, 0.6) is 0 Å². The standard InChI is InChI=1S/C12H20N6O/c1-2-3-4-10(13)15-5-6-16-12(19)9-7-18-11(14)8-17-9/h7-8H,2-6H2,1H3,(H2,13,15)(H2,14,18)(H,16,19). The van der Waals surface area contributed by atoms with Gasteiger partial charge in [0.05, 0.1) is 18.2 Å². The molecule has 0 saturated heterocycles. The van der Waals surface area contributed by atoms with Gasteiger partial charge in [-0.25, -0.2) is 9.97 Å². The fourth-order valence-electron chi connectivity index (χ4n) is 1.38. The predicted octanol–water partition coefficient (Wildman–Crippen LogP) is 0.546. The Labute approximate surface area is 112 Å². The van der Waals surface area contributed by atoms with Crippen LogP contribution in [0.4, 0.5) is 5.82 Å². The van der Waals surface area contributed by atoms with Crippen LogP contribution in [-0.4, -0.2) is 34.8 Å². The highest BCUT2D eigenvalue weighted by Crippen LogP contribution is 1.95. The van der Waals surface area contributed by atoms with E-state index in [1.807, 2.05) is 0 Å². The molecule has 0 saturated carbocycles. The molecule has 0 aliphatic rings. The number of aromatic nitrogens is 2. The maximum Gasteiger partial charge on any atom is 0.271 e. The molecule has 0 spiro atoms. The van der Waals surface area contributed by atoms with Crippen LogP contribution in [-0.2, 0) is 0 Å². The van der Waals surface area contributed by atoms with E-state index in [1.54, 1.807) is 0 Å². The fraction of sp³-hybridized carbons (Fsp3) is 0.500. The highest BCUT2D eigenvalue weighted by atomic mass is 16.1. The van der Waals surface area contributed by atoms with Crippen molar-refractivity contribution in [1.82, 2.24) is 20.6 Å². The van der Waals surface area contributed by atoms with Crippen molar-refractivity contribution in [2.75, 3.05) is 18.8 Å². The minimum absolute atomic E-state index is 0.232. The summed E-state index contributed by atoms with van der Waals surface area (Å²) in [5.74, 6) is 0.486. The van der Waals surface area contributed by atoms with Crippen LogP contribution in [0, 0.1) is 5.41 Å².